The Kier molecular flexibility index (Phi) is 2.39. The van der Waals surface area contributed by atoms with E-state index in [4.69, 9.17) is 0 Å². The fourth-order valence-corrected chi connectivity index (χ4v) is 2.98. The standard InChI is InChI=1S/C18H8O4/c19-13-8-7-12-14(17(21)18(22)15(12)16(13)20)11-6-5-9-3-1-2-4-10(9)11/h1-8H. The summed E-state index contributed by atoms with van der Waals surface area (Å²) < 4.78 is 0. The second-order valence-corrected chi connectivity index (χ2v) is 5.18. The number of rotatable bonds is 0. The summed E-state index contributed by atoms with van der Waals surface area (Å²) in [5, 5.41) is 0. The zero-order chi connectivity index (χ0) is 15.4. The summed E-state index contributed by atoms with van der Waals surface area (Å²) in [5.74, 6) is -3.29. The molecule has 0 spiro atoms. The molecule has 104 valence electrons. The summed E-state index contributed by atoms with van der Waals surface area (Å²) in [6, 6.07) is 7.48. The fourth-order valence-electron chi connectivity index (χ4n) is 2.98. The van der Waals surface area contributed by atoms with Crippen LogP contribution >= 0.6 is 0 Å². The van der Waals surface area contributed by atoms with E-state index in [9.17, 15) is 19.2 Å². The number of ketones is 4. The Hall–Kier alpha value is -3.14. The summed E-state index contributed by atoms with van der Waals surface area (Å²) in [4.78, 5) is 47.8. The van der Waals surface area contributed by atoms with Gasteiger partial charge in [-0.05, 0) is 28.9 Å². The molecule has 22 heavy (non-hydrogen) atoms. The first kappa shape index (κ1) is 12.6. The maximum absolute atomic E-state index is 12.3. The van der Waals surface area contributed by atoms with Gasteiger partial charge in [0.2, 0.25) is 23.1 Å². The van der Waals surface area contributed by atoms with Crippen LogP contribution in [-0.2, 0) is 19.2 Å². The van der Waals surface area contributed by atoms with E-state index in [1.165, 1.54) is 6.08 Å². The van der Waals surface area contributed by atoms with Crippen molar-refractivity contribution in [3.05, 3.63) is 70.3 Å². The highest BCUT2D eigenvalue weighted by Gasteiger charge is 2.43. The van der Waals surface area contributed by atoms with E-state index in [-0.39, 0.29) is 16.7 Å². The van der Waals surface area contributed by atoms with Gasteiger partial charge >= 0.3 is 0 Å². The summed E-state index contributed by atoms with van der Waals surface area (Å²) >= 11 is 0. The molecule has 0 atom stereocenters. The van der Waals surface area contributed by atoms with Gasteiger partial charge in [-0.25, -0.2) is 0 Å². The van der Waals surface area contributed by atoms with Crippen molar-refractivity contribution >= 4 is 34.8 Å². The summed E-state index contributed by atoms with van der Waals surface area (Å²) in [6.45, 7) is 0. The van der Waals surface area contributed by atoms with Crippen LogP contribution in [0.5, 0.6) is 0 Å². The molecule has 4 nitrogen and oxygen atoms in total. The van der Waals surface area contributed by atoms with E-state index in [2.05, 4.69) is 0 Å². The lowest BCUT2D eigenvalue weighted by Crippen LogP contribution is -2.22. The third-order valence-corrected chi connectivity index (χ3v) is 4.00. The first-order valence-corrected chi connectivity index (χ1v) is 6.72. The van der Waals surface area contributed by atoms with Gasteiger partial charge in [0.25, 0.3) is 0 Å². The molecule has 4 heteroatoms. The average molecular weight is 288 g/mol. The normalized spacial score (nSPS) is 22.7. The SMILES string of the molecule is O=C1C=CC2=C(C1=O)C(=O)C(=O)C2=C1C=Cc2ccccc21. The van der Waals surface area contributed by atoms with Crippen molar-refractivity contribution in [3.8, 4) is 0 Å². The van der Waals surface area contributed by atoms with Gasteiger partial charge in [-0.1, -0.05) is 36.4 Å². The molecular formula is C18H8O4. The lowest BCUT2D eigenvalue weighted by Gasteiger charge is -2.08. The molecule has 3 aliphatic rings. The molecule has 0 saturated carbocycles. The number of hydrogen-bond acceptors (Lipinski definition) is 4. The van der Waals surface area contributed by atoms with Crippen LogP contribution in [-0.4, -0.2) is 23.1 Å². The molecule has 0 fully saturated rings. The monoisotopic (exact) mass is 288 g/mol. The number of hydrogen-bond donors (Lipinski definition) is 0. The molecule has 0 aliphatic heterocycles. The first-order chi connectivity index (χ1) is 10.6. The molecule has 0 bridgehead atoms. The van der Waals surface area contributed by atoms with Crippen LogP contribution in [0.25, 0.3) is 11.6 Å². The van der Waals surface area contributed by atoms with Crippen LogP contribution in [0, 0.1) is 0 Å². The number of carbonyl (C=O) groups is 4. The van der Waals surface area contributed by atoms with Crippen molar-refractivity contribution in [2.45, 2.75) is 0 Å². The number of fused-ring (bicyclic) bond motifs is 1. The van der Waals surface area contributed by atoms with Crippen molar-refractivity contribution in [3.63, 3.8) is 0 Å². The average Bonchev–Trinajstić information content (AvgIpc) is 3.04. The molecule has 1 aromatic rings. The molecule has 0 saturated heterocycles. The van der Waals surface area contributed by atoms with Crippen molar-refractivity contribution < 1.29 is 19.2 Å². The lowest BCUT2D eigenvalue weighted by atomic mass is 9.92. The lowest BCUT2D eigenvalue weighted by molar-refractivity contribution is -0.135. The van der Waals surface area contributed by atoms with Gasteiger partial charge in [-0.3, -0.25) is 19.2 Å². The highest BCUT2D eigenvalue weighted by Crippen LogP contribution is 2.39. The van der Waals surface area contributed by atoms with Crippen molar-refractivity contribution in [2.24, 2.45) is 0 Å². The second-order valence-electron chi connectivity index (χ2n) is 5.18. The van der Waals surface area contributed by atoms with Crippen LogP contribution in [0.2, 0.25) is 0 Å². The maximum atomic E-state index is 12.3. The molecule has 1 aromatic carbocycles. The van der Waals surface area contributed by atoms with Crippen molar-refractivity contribution in [1.82, 2.24) is 0 Å². The van der Waals surface area contributed by atoms with E-state index in [1.807, 2.05) is 30.3 Å². The highest BCUT2D eigenvalue weighted by atomic mass is 16.2. The zero-order valence-corrected chi connectivity index (χ0v) is 11.3. The summed E-state index contributed by atoms with van der Waals surface area (Å²) in [7, 11) is 0. The van der Waals surface area contributed by atoms with Crippen molar-refractivity contribution in [2.75, 3.05) is 0 Å². The molecule has 0 radical (unpaired) electrons. The van der Waals surface area contributed by atoms with Gasteiger partial charge < -0.3 is 0 Å². The minimum Gasteiger partial charge on any atom is -0.286 e. The van der Waals surface area contributed by atoms with E-state index < -0.39 is 23.1 Å². The van der Waals surface area contributed by atoms with Gasteiger partial charge in [0, 0.05) is 11.1 Å². The largest absolute Gasteiger partial charge is 0.286 e. The van der Waals surface area contributed by atoms with Crippen LogP contribution in [0.3, 0.4) is 0 Å². The molecule has 4 rings (SSSR count). The number of Topliss-reactive ketones (excluding diaryl/α,β-unsaturated/α-hetero) is 3. The Labute approximate surface area is 125 Å². The van der Waals surface area contributed by atoms with Gasteiger partial charge in [-0.15, -0.1) is 0 Å². The highest BCUT2D eigenvalue weighted by molar-refractivity contribution is 6.67. The van der Waals surface area contributed by atoms with E-state index in [0.717, 1.165) is 17.2 Å². The van der Waals surface area contributed by atoms with Crippen LogP contribution in [0.4, 0.5) is 0 Å². The second kappa shape index (κ2) is 4.18. The molecule has 3 aliphatic carbocycles. The third-order valence-electron chi connectivity index (χ3n) is 4.00. The molecule has 0 unspecified atom stereocenters. The van der Waals surface area contributed by atoms with E-state index >= 15 is 0 Å². The Morgan fingerprint density at radius 1 is 0.591 bits per heavy atom. The van der Waals surface area contributed by atoms with Gasteiger partial charge in [0.15, 0.2) is 0 Å². The fraction of sp³-hybridized carbons (Fsp3) is 0. The number of carbonyl (C=O) groups excluding carboxylic acids is 4. The van der Waals surface area contributed by atoms with Crippen LogP contribution in [0.15, 0.2) is 59.2 Å². The Balaban J connectivity index is 2.02. The number of allylic oxidation sites excluding steroid dienone is 7. The predicted octanol–water partition coefficient (Wildman–Crippen LogP) is 1.62. The Bertz CT molecular complexity index is 936. The predicted molar refractivity (Wildman–Crippen MR) is 78.6 cm³/mol. The topological polar surface area (TPSA) is 68.3 Å². The quantitative estimate of drug-likeness (QED) is 0.315. The minimum atomic E-state index is -0.901. The minimum absolute atomic E-state index is 0.207. The van der Waals surface area contributed by atoms with Gasteiger partial charge in [-0.2, -0.15) is 0 Å². The first-order valence-electron chi connectivity index (χ1n) is 6.72. The third kappa shape index (κ3) is 1.46. The maximum Gasteiger partial charge on any atom is 0.238 e. The van der Waals surface area contributed by atoms with Crippen molar-refractivity contribution in [1.29, 1.82) is 0 Å². The van der Waals surface area contributed by atoms with Crippen LogP contribution < -0.4 is 0 Å². The number of benzene rings is 1. The molecule has 0 N–H and O–H groups in total. The molecule has 0 aromatic heterocycles. The van der Waals surface area contributed by atoms with Crippen LogP contribution in [0.1, 0.15) is 11.1 Å². The molecule has 0 amide bonds. The van der Waals surface area contributed by atoms with E-state index in [1.54, 1.807) is 6.08 Å². The van der Waals surface area contributed by atoms with Gasteiger partial charge in [0.1, 0.15) is 0 Å². The Morgan fingerprint density at radius 3 is 2.09 bits per heavy atom. The van der Waals surface area contributed by atoms with E-state index in [0.29, 0.717) is 5.57 Å². The molecular weight excluding hydrogens is 280 g/mol. The zero-order valence-electron chi connectivity index (χ0n) is 11.3. The summed E-state index contributed by atoms with van der Waals surface area (Å²) in [6.07, 6.45) is 6.11. The Morgan fingerprint density at radius 2 is 1.27 bits per heavy atom. The van der Waals surface area contributed by atoms with Gasteiger partial charge in [0.05, 0.1) is 5.57 Å². The smallest absolute Gasteiger partial charge is 0.238 e. The molecule has 0 heterocycles. The summed E-state index contributed by atoms with van der Waals surface area (Å²) in [5.41, 5.74) is 2.57.